The summed E-state index contributed by atoms with van der Waals surface area (Å²) >= 11 is 0. The molecule has 5 heteroatoms. The Morgan fingerprint density at radius 1 is 1.47 bits per heavy atom. The molecule has 4 nitrogen and oxygen atoms in total. The normalized spacial score (nSPS) is 23.6. The molecule has 1 aromatic rings. The van der Waals surface area contributed by atoms with Crippen LogP contribution in [-0.4, -0.2) is 14.5 Å². The molecule has 17 heavy (non-hydrogen) atoms. The van der Waals surface area contributed by atoms with Gasteiger partial charge in [-0.1, -0.05) is 19.4 Å². The average Bonchev–Trinajstić information content (AvgIpc) is 2.99. The van der Waals surface area contributed by atoms with Gasteiger partial charge in [-0.25, -0.2) is 13.1 Å². The van der Waals surface area contributed by atoms with Crippen LogP contribution in [-0.2, 0) is 10.0 Å². The number of nitrogens with two attached hydrogens (primary N) is 1. The Morgan fingerprint density at radius 2 is 2.18 bits per heavy atom. The largest absolute Gasteiger partial charge is 0.398 e. The fraction of sp³-hybridized carbons (Fsp3) is 0.500. The summed E-state index contributed by atoms with van der Waals surface area (Å²) in [5.74, 6) is 0.492. The maximum atomic E-state index is 12.2. The zero-order valence-corrected chi connectivity index (χ0v) is 10.9. The predicted octanol–water partition coefficient (Wildman–Crippen LogP) is 1.65. The van der Waals surface area contributed by atoms with Crippen LogP contribution < -0.4 is 10.5 Å². The Hall–Kier alpha value is -1.07. The van der Waals surface area contributed by atoms with E-state index in [9.17, 15) is 8.42 Å². The molecule has 0 heterocycles. The number of benzene rings is 1. The molecule has 94 valence electrons. The summed E-state index contributed by atoms with van der Waals surface area (Å²) < 4.78 is 27.0. The minimum absolute atomic E-state index is 0.103. The fourth-order valence-corrected chi connectivity index (χ4v) is 3.62. The maximum absolute atomic E-state index is 12.2. The summed E-state index contributed by atoms with van der Waals surface area (Å²) in [6.45, 7) is 3.80. The van der Waals surface area contributed by atoms with Crippen molar-refractivity contribution in [3.63, 3.8) is 0 Å². The molecule has 1 saturated carbocycles. The lowest BCUT2D eigenvalue weighted by Crippen LogP contribution is -2.27. The van der Waals surface area contributed by atoms with Gasteiger partial charge in [-0.2, -0.15) is 0 Å². The van der Waals surface area contributed by atoms with Crippen molar-refractivity contribution in [3.8, 4) is 0 Å². The Morgan fingerprint density at radius 3 is 2.76 bits per heavy atom. The SMILES string of the molecule is CCC1CC1NS(=O)(=O)c1cccc(N)c1C. The van der Waals surface area contributed by atoms with Crippen molar-refractivity contribution in [1.82, 2.24) is 4.72 Å². The van der Waals surface area contributed by atoms with Gasteiger partial charge in [0, 0.05) is 11.7 Å². The van der Waals surface area contributed by atoms with Crippen LogP contribution in [0.3, 0.4) is 0 Å². The van der Waals surface area contributed by atoms with Gasteiger partial charge in [0.25, 0.3) is 0 Å². The number of hydrogen-bond acceptors (Lipinski definition) is 3. The summed E-state index contributed by atoms with van der Waals surface area (Å²) in [6, 6.07) is 5.07. The zero-order chi connectivity index (χ0) is 12.6. The standard InChI is InChI=1S/C12H18N2O2S/c1-3-9-7-11(9)14-17(15,16)12-6-4-5-10(13)8(12)2/h4-6,9,11,14H,3,7,13H2,1-2H3. The number of rotatable bonds is 4. The molecule has 1 aromatic carbocycles. The van der Waals surface area contributed by atoms with Crippen LogP contribution in [0.15, 0.2) is 23.1 Å². The van der Waals surface area contributed by atoms with Crippen LogP contribution >= 0.6 is 0 Å². The van der Waals surface area contributed by atoms with Crippen molar-refractivity contribution in [2.24, 2.45) is 5.92 Å². The molecule has 0 aliphatic heterocycles. The third-order valence-electron chi connectivity index (χ3n) is 3.37. The van der Waals surface area contributed by atoms with Crippen LogP contribution in [0.2, 0.25) is 0 Å². The smallest absolute Gasteiger partial charge is 0.241 e. The second-order valence-corrected chi connectivity index (χ2v) is 6.28. The van der Waals surface area contributed by atoms with Gasteiger partial charge in [-0.05, 0) is 37.0 Å². The summed E-state index contributed by atoms with van der Waals surface area (Å²) in [5, 5.41) is 0. The van der Waals surface area contributed by atoms with Crippen LogP contribution in [0.25, 0.3) is 0 Å². The van der Waals surface area contributed by atoms with E-state index in [0.717, 1.165) is 12.8 Å². The topological polar surface area (TPSA) is 72.2 Å². The first-order chi connectivity index (χ1) is 7.95. The number of anilines is 1. The highest BCUT2D eigenvalue weighted by molar-refractivity contribution is 7.89. The molecule has 0 radical (unpaired) electrons. The van der Waals surface area contributed by atoms with Crippen molar-refractivity contribution < 1.29 is 8.42 Å². The number of nitrogens with one attached hydrogen (secondary N) is 1. The quantitative estimate of drug-likeness (QED) is 0.803. The third-order valence-corrected chi connectivity index (χ3v) is 5.00. The molecular formula is C12H18N2O2S. The highest BCUT2D eigenvalue weighted by Gasteiger charge is 2.38. The second-order valence-electron chi connectivity index (χ2n) is 4.60. The first-order valence-electron chi connectivity index (χ1n) is 5.83. The molecule has 2 rings (SSSR count). The zero-order valence-electron chi connectivity index (χ0n) is 10.1. The van der Waals surface area contributed by atoms with Crippen molar-refractivity contribution in [2.45, 2.75) is 37.6 Å². The third kappa shape index (κ3) is 2.45. The van der Waals surface area contributed by atoms with E-state index in [1.54, 1.807) is 25.1 Å². The van der Waals surface area contributed by atoms with Crippen LogP contribution in [0.4, 0.5) is 5.69 Å². The van der Waals surface area contributed by atoms with Crippen LogP contribution in [0.5, 0.6) is 0 Å². The Bertz CT molecular complexity index is 525. The predicted molar refractivity (Wildman–Crippen MR) is 68.1 cm³/mol. The summed E-state index contributed by atoms with van der Waals surface area (Å²) in [4.78, 5) is 0.291. The van der Waals surface area contributed by atoms with Crippen molar-refractivity contribution in [3.05, 3.63) is 23.8 Å². The van der Waals surface area contributed by atoms with Gasteiger partial charge in [0.05, 0.1) is 4.90 Å². The maximum Gasteiger partial charge on any atom is 0.241 e. The fourth-order valence-electron chi connectivity index (χ4n) is 2.03. The molecule has 0 bridgehead atoms. The summed E-state index contributed by atoms with van der Waals surface area (Å²) in [6.07, 6.45) is 1.96. The molecule has 1 aliphatic carbocycles. The highest BCUT2D eigenvalue weighted by Crippen LogP contribution is 2.34. The lowest BCUT2D eigenvalue weighted by atomic mass is 10.2. The molecule has 2 unspecified atom stereocenters. The summed E-state index contributed by atoms with van der Waals surface area (Å²) in [7, 11) is -3.42. The van der Waals surface area contributed by atoms with Gasteiger partial charge >= 0.3 is 0 Å². The summed E-state index contributed by atoms with van der Waals surface area (Å²) in [5.41, 5.74) is 6.85. The van der Waals surface area contributed by atoms with E-state index in [0.29, 0.717) is 22.1 Å². The Balaban J connectivity index is 2.23. The van der Waals surface area contributed by atoms with Gasteiger partial charge in [0.2, 0.25) is 10.0 Å². The Kier molecular flexibility index (Phi) is 3.14. The minimum Gasteiger partial charge on any atom is -0.398 e. The van der Waals surface area contributed by atoms with Gasteiger partial charge in [0.1, 0.15) is 0 Å². The molecule has 1 aliphatic rings. The first-order valence-corrected chi connectivity index (χ1v) is 7.31. The number of hydrogen-bond donors (Lipinski definition) is 2. The van der Waals surface area contributed by atoms with Gasteiger partial charge < -0.3 is 5.73 Å². The molecule has 3 N–H and O–H groups in total. The molecule has 0 aromatic heterocycles. The number of nitrogen functional groups attached to an aromatic ring is 1. The first kappa shape index (κ1) is 12.4. The van der Waals surface area contributed by atoms with Crippen LogP contribution in [0.1, 0.15) is 25.3 Å². The molecule has 1 fully saturated rings. The van der Waals surface area contributed by atoms with Crippen molar-refractivity contribution >= 4 is 15.7 Å². The van der Waals surface area contributed by atoms with E-state index in [1.165, 1.54) is 0 Å². The lowest BCUT2D eigenvalue weighted by molar-refractivity contribution is 0.575. The van der Waals surface area contributed by atoms with E-state index in [2.05, 4.69) is 11.6 Å². The van der Waals surface area contributed by atoms with Gasteiger partial charge in [-0.3, -0.25) is 0 Å². The van der Waals surface area contributed by atoms with Gasteiger partial charge in [0.15, 0.2) is 0 Å². The van der Waals surface area contributed by atoms with Crippen molar-refractivity contribution in [1.29, 1.82) is 0 Å². The lowest BCUT2D eigenvalue weighted by Gasteiger charge is -2.10. The monoisotopic (exact) mass is 254 g/mol. The molecule has 0 spiro atoms. The minimum atomic E-state index is -3.42. The average molecular weight is 254 g/mol. The Labute approximate surface area is 102 Å². The van der Waals surface area contributed by atoms with Crippen LogP contribution in [0, 0.1) is 12.8 Å². The molecular weight excluding hydrogens is 236 g/mol. The van der Waals surface area contributed by atoms with Crippen molar-refractivity contribution in [2.75, 3.05) is 5.73 Å². The highest BCUT2D eigenvalue weighted by atomic mass is 32.2. The van der Waals surface area contributed by atoms with E-state index in [-0.39, 0.29) is 6.04 Å². The van der Waals surface area contributed by atoms with E-state index in [1.807, 2.05) is 0 Å². The van der Waals surface area contributed by atoms with Gasteiger partial charge in [-0.15, -0.1) is 0 Å². The van der Waals surface area contributed by atoms with E-state index >= 15 is 0 Å². The molecule has 0 saturated heterocycles. The molecule has 0 amide bonds. The van der Waals surface area contributed by atoms with E-state index in [4.69, 9.17) is 5.73 Å². The number of sulfonamides is 1. The van der Waals surface area contributed by atoms with E-state index < -0.39 is 10.0 Å². The second kappa shape index (κ2) is 4.31. The molecule has 2 atom stereocenters.